The average molecular weight is 343 g/mol. The van der Waals surface area contributed by atoms with Crippen LogP contribution in [0.15, 0.2) is 46.9 Å². The predicted molar refractivity (Wildman–Crippen MR) is 80.8 cm³/mol. The van der Waals surface area contributed by atoms with Gasteiger partial charge in [0.15, 0.2) is 0 Å². The van der Waals surface area contributed by atoms with Gasteiger partial charge in [0.1, 0.15) is 5.82 Å². The minimum atomic E-state index is -0.203. The first-order valence-electron chi connectivity index (χ1n) is 5.99. The summed E-state index contributed by atoms with van der Waals surface area (Å²) in [5, 5.41) is 4.01. The molecule has 0 heterocycles. The van der Waals surface area contributed by atoms with Crippen LogP contribution in [0.2, 0.25) is 5.02 Å². The third-order valence-electron chi connectivity index (χ3n) is 2.95. The van der Waals surface area contributed by atoms with E-state index in [2.05, 4.69) is 21.2 Å². The Hall–Kier alpha value is -0.900. The molecule has 19 heavy (non-hydrogen) atoms. The van der Waals surface area contributed by atoms with Gasteiger partial charge >= 0.3 is 0 Å². The van der Waals surface area contributed by atoms with Crippen LogP contribution in [0.3, 0.4) is 0 Å². The topological polar surface area (TPSA) is 12.0 Å². The van der Waals surface area contributed by atoms with E-state index < -0.39 is 0 Å². The third kappa shape index (κ3) is 4.03. The maximum Gasteiger partial charge on any atom is 0.129 e. The van der Waals surface area contributed by atoms with E-state index in [1.807, 2.05) is 37.3 Å². The fourth-order valence-electron chi connectivity index (χ4n) is 1.84. The highest BCUT2D eigenvalue weighted by Gasteiger charge is 2.10. The van der Waals surface area contributed by atoms with Gasteiger partial charge in [-0.3, -0.25) is 0 Å². The van der Waals surface area contributed by atoms with E-state index in [0.29, 0.717) is 12.1 Å². The molecule has 2 aromatic rings. The molecule has 0 fully saturated rings. The lowest BCUT2D eigenvalue weighted by atomic mass is 10.1. The Balaban J connectivity index is 2.01. The van der Waals surface area contributed by atoms with Crippen LogP contribution in [0, 0.1) is 5.82 Å². The molecule has 0 radical (unpaired) electrons. The normalized spacial score (nSPS) is 12.4. The lowest BCUT2D eigenvalue weighted by Crippen LogP contribution is -2.19. The highest BCUT2D eigenvalue weighted by atomic mass is 79.9. The largest absolute Gasteiger partial charge is 0.306 e. The van der Waals surface area contributed by atoms with E-state index >= 15 is 0 Å². The van der Waals surface area contributed by atoms with E-state index in [4.69, 9.17) is 11.6 Å². The molecule has 0 saturated heterocycles. The second kappa shape index (κ2) is 6.51. The van der Waals surface area contributed by atoms with Crippen molar-refractivity contribution in [2.75, 3.05) is 0 Å². The first-order valence-corrected chi connectivity index (χ1v) is 7.16. The Labute approximate surface area is 125 Å². The Morgan fingerprint density at radius 3 is 2.53 bits per heavy atom. The van der Waals surface area contributed by atoms with Crippen molar-refractivity contribution in [3.05, 3.63) is 68.9 Å². The first-order chi connectivity index (χ1) is 9.06. The lowest BCUT2D eigenvalue weighted by molar-refractivity contribution is 0.528. The highest BCUT2D eigenvalue weighted by Crippen LogP contribution is 2.21. The molecular weight excluding hydrogens is 329 g/mol. The molecule has 0 aliphatic heterocycles. The van der Waals surface area contributed by atoms with Crippen molar-refractivity contribution < 1.29 is 4.39 Å². The molecule has 1 unspecified atom stereocenters. The third-order valence-corrected chi connectivity index (χ3v) is 3.70. The molecule has 0 aliphatic carbocycles. The van der Waals surface area contributed by atoms with Crippen molar-refractivity contribution in [2.45, 2.75) is 19.5 Å². The summed E-state index contributed by atoms with van der Waals surface area (Å²) < 4.78 is 14.5. The van der Waals surface area contributed by atoms with Crippen LogP contribution >= 0.6 is 27.5 Å². The van der Waals surface area contributed by atoms with Crippen LogP contribution in [0.5, 0.6) is 0 Å². The summed E-state index contributed by atoms with van der Waals surface area (Å²) in [6.45, 7) is 2.62. The van der Waals surface area contributed by atoms with Crippen molar-refractivity contribution in [1.82, 2.24) is 5.32 Å². The van der Waals surface area contributed by atoms with Gasteiger partial charge in [0, 0.05) is 27.6 Å². The summed E-state index contributed by atoms with van der Waals surface area (Å²) in [5.41, 5.74) is 1.78. The standard InChI is InChI=1S/C15H14BrClFN/c1-10(14-7-4-12(16)8-15(14)18)19-9-11-2-5-13(17)6-3-11/h2-8,10,19H,9H2,1H3. The predicted octanol–water partition coefficient (Wildman–Crippen LogP) is 5.09. The van der Waals surface area contributed by atoms with E-state index in [1.54, 1.807) is 6.07 Å². The molecule has 0 spiro atoms. The summed E-state index contributed by atoms with van der Waals surface area (Å²) in [6, 6.07) is 12.7. The van der Waals surface area contributed by atoms with Gasteiger partial charge < -0.3 is 5.32 Å². The van der Waals surface area contributed by atoms with Crippen molar-refractivity contribution in [3.8, 4) is 0 Å². The Morgan fingerprint density at radius 1 is 1.21 bits per heavy atom. The fourth-order valence-corrected chi connectivity index (χ4v) is 2.29. The molecule has 4 heteroatoms. The highest BCUT2D eigenvalue weighted by molar-refractivity contribution is 9.10. The number of rotatable bonds is 4. The molecule has 2 rings (SSSR count). The number of hydrogen-bond donors (Lipinski definition) is 1. The van der Waals surface area contributed by atoms with E-state index in [0.717, 1.165) is 15.1 Å². The number of halogens is 3. The molecule has 0 saturated carbocycles. The van der Waals surface area contributed by atoms with Gasteiger partial charge in [0.25, 0.3) is 0 Å². The summed E-state index contributed by atoms with van der Waals surface area (Å²) in [6.07, 6.45) is 0. The molecule has 0 amide bonds. The number of nitrogens with one attached hydrogen (secondary N) is 1. The molecule has 0 aromatic heterocycles. The van der Waals surface area contributed by atoms with Crippen LogP contribution in [-0.2, 0) is 6.54 Å². The molecule has 0 bridgehead atoms. The molecule has 1 atom stereocenters. The van der Waals surface area contributed by atoms with E-state index in [1.165, 1.54) is 6.07 Å². The van der Waals surface area contributed by atoms with Gasteiger partial charge in [-0.1, -0.05) is 45.7 Å². The van der Waals surface area contributed by atoms with Crippen molar-refractivity contribution in [3.63, 3.8) is 0 Å². The van der Waals surface area contributed by atoms with Gasteiger partial charge in [-0.2, -0.15) is 0 Å². The lowest BCUT2D eigenvalue weighted by Gasteiger charge is -2.15. The summed E-state index contributed by atoms with van der Waals surface area (Å²) in [4.78, 5) is 0. The average Bonchev–Trinajstić information content (AvgIpc) is 2.37. The molecule has 0 aliphatic rings. The van der Waals surface area contributed by atoms with Gasteiger partial charge in [-0.25, -0.2) is 4.39 Å². The molecule has 1 N–H and O–H groups in total. The zero-order valence-corrected chi connectivity index (χ0v) is 12.8. The first kappa shape index (κ1) is 14.5. The summed E-state index contributed by atoms with van der Waals surface area (Å²) in [5.74, 6) is -0.203. The van der Waals surface area contributed by atoms with E-state index in [-0.39, 0.29) is 11.9 Å². The molecule has 100 valence electrons. The van der Waals surface area contributed by atoms with Crippen molar-refractivity contribution >= 4 is 27.5 Å². The number of hydrogen-bond acceptors (Lipinski definition) is 1. The second-order valence-corrected chi connectivity index (χ2v) is 5.75. The molecule has 2 aromatic carbocycles. The summed E-state index contributed by atoms with van der Waals surface area (Å²) >= 11 is 9.09. The van der Waals surface area contributed by atoms with Crippen LogP contribution in [0.1, 0.15) is 24.1 Å². The zero-order valence-electron chi connectivity index (χ0n) is 10.5. The SMILES string of the molecule is CC(NCc1ccc(Cl)cc1)c1ccc(Br)cc1F. The van der Waals surface area contributed by atoms with Gasteiger partial charge in [0.05, 0.1) is 0 Å². The van der Waals surface area contributed by atoms with Crippen molar-refractivity contribution in [1.29, 1.82) is 0 Å². The maximum absolute atomic E-state index is 13.8. The Kier molecular flexibility index (Phi) is 4.97. The fraction of sp³-hybridized carbons (Fsp3) is 0.200. The smallest absolute Gasteiger partial charge is 0.129 e. The zero-order chi connectivity index (χ0) is 13.8. The van der Waals surface area contributed by atoms with Gasteiger partial charge in [-0.05, 0) is 36.8 Å². The van der Waals surface area contributed by atoms with Gasteiger partial charge in [-0.15, -0.1) is 0 Å². The molecule has 1 nitrogen and oxygen atoms in total. The minimum absolute atomic E-state index is 0.0521. The quantitative estimate of drug-likeness (QED) is 0.816. The second-order valence-electron chi connectivity index (χ2n) is 4.39. The molecular formula is C15H14BrClFN. The summed E-state index contributed by atoms with van der Waals surface area (Å²) in [7, 11) is 0. The van der Waals surface area contributed by atoms with Crippen molar-refractivity contribution in [2.24, 2.45) is 0 Å². The number of benzene rings is 2. The monoisotopic (exact) mass is 341 g/mol. The Bertz CT molecular complexity index is 557. The van der Waals surface area contributed by atoms with Crippen LogP contribution < -0.4 is 5.32 Å². The van der Waals surface area contributed by atoms with Gasteiger partial charge in [0.2, 0.25) is 0 Å². The van der Waals surface area contributed by atoms with Crippen LogP contribution in [-0.4, -0.2) is 0 Å². The Morgan fingerprint density at radius 2 is 1.89 bits per heavy atom. The minimum Gasteiger partial charge on any atom is -0.306 e. The maximum atomic E-state index is 13.8. The van der Waals surface area contributed by atoms with Crippen LogP contribution in [0.4, 0.5) is 4.39 Å². The van der Waals surface area contributed by atoms with Crippen LogP contribution in [0.25, 0.3) is 0 Å². The van der Waals surface area contributed by atoms with E-state index in [9.17, 15) is 4.39 Å².